The van der Waals surface area contributed by atoms with Gasteiger partial charge in [0.2, 0.25) is 0 Å². The molecule has 3 aliphatic rings. The highest BCUT2D eigenvalue weighted by Crippen LogP contribution is 2.48. The van der Waals surface area contributed by atoms with E-state index in [4.69, 9.17) is 18.9 Å². The van der Waals surface area contributed by atoms with Crippen molar-refractivity contribution in [2.24, 2.45) is 0 Å². The number of ketones is 1. The average Bonchev–Trinajstić information content (AvgIpc) is 2.87. The number of hydrogen-bond acceptors (Lipinski definition) is 8. The first-order chi connectivity index (χ1) is 17.9. The molecule has 1 N–H and O–H groups in total. The number of phenolic OH excluding ortho intramolecular Hbond substituents is 1. The van der Waals surface area contributed by atoms with Crippen molar-refractivity contribution in [3.8, 4) is 23.0 Å². The fourth-order valence-electron chi connectivity index (χ4n) is 5.08. The maximum atomic E-state index is 13.3. The minimum absolute atomic E-state index is 0.00565. The number of esters is 2. The fourth-order valence-corrected chi connectivity index (χ4v) is 5.08. The summed E-state index contributed by atoms with van der Waals surface area (Å²) in [4.78, 5) is 38.0. The van der Waals surface area contributed by atoms with E-state index < -0.39 is 24.0 Å². The van der Waals surface area contributed by atoms with Crippen molar-refractivity contribution in [1.82, 2.24) is 0 Å². The van der Waals surface area contributed by atoms with Crippen molar-refractivity contribution in [3.05, 3.63) is 52.6 Å². The molecule has 194 valence electrons. The molecule has 0 saturated carbocycles. The third-order valence-electron chi connectivity index (χ3n) is 6.95. The Balaban J connectivity index is 1.58. The molecule has 0 aliphatic carbocycles. The highest BCUT2D eigenvalue weighted by molar-refractivity contribution is 5.98. The smallest absolute Gasteiger partial charge is 0.342 e. The third-order valence-corrected chi connectivity index (χ3v) is 6.95. The van der Waals surface area contributed by atoms with Crippen LogP contribution < -0.4 is 14.2 Å². The monoisotopic (exact) mass is 506 g/mol. The highest BCUT2D eigenvalue weighted by atomic mass is 16.6. The Morgan fingerprint density at radius 2 is 1.73 bits per heavy atom. The minimum atomic E-state index is -0.659. The molecule has 2 aromatic rings. The standard InChI is InChI=1S/C29H30O8/c1-17-6-5-9-20(30)8-4-2-3-7-19-15-24-27(28(32)26(19)29(33)36-17)21(16-25(31)37-24)18-10-11-22-23(14-18)35-13-12-34-22/h3,7,10-11,14-15,17,21,32H,2,4-6,8-9,12-13,16H2,1H3/b7-3+. The number of hydrogen-bond donors (Lipinski definition) is 1. The fraction of sp³-hybridized carbons (Fsp3) is 0.414. The number of carbonyl (C=O) groups is 3. The van der Waals surface area contributed by atoms with Gasteiger partial charge in [-0.2, -0.15) is 0 Å². The van der Waals surface area contributed by atoms with E-state index in [0.717, 1.165) is 5.56 Å². The third kappa shape index (κ3) is 5.33. The summed E-state index contributed by atoms with van der Waals surface area (Å²) in [6.45, 7) is 2.66. The predicted octanol–water partition coefficient (Wildman–Crippen LogP) is 5.09. The van der Waals surface area contributed by atoms with Crippen LogP contribution in [0.5, 0.6) is 23.0 Å². The molecule has 0 saturated heterocycles. The number of benzene rings is 2. The van der Waals surface area contributed by atoms with Crippen molar-refractivity contribution in [2.45, 2.75) is 63.9 Å². The first kappa shape index (κ1) is 24.9. The van der Waals surface area contributed by atoms with Gasteiger partial charge in [0.1, 0.15) is 36.1 Å². The van der Waals surface area contributed by atoms with Crippen LogP contribution in [0.1, 0.15) is 84.8 Å². The molecule has 2 unspecified atom stereocenters. The predicted molar refractivity (Wildman–Crippen MR) is 134 cm³/mol. The maximum absolute atomic E-state index is 13.3. The summed E-state index contributed by atoms with van der Waals surface area (Å²) >= 11 is 0. The lowest BCUT2D eigenvalue weighted by Crippen LogP contribution is -2.23. The van der Waals surface area contributed by atoms with E-state index in [2.05, 4.69) is 0 Å². The molecule has 0 spiro atoms. The zero-order chi connectivity index (χ0) is 25.9. The van der Waals surface area contributed by atoms with Gasteiger partial charge in [0.25, 0.3) is 0 Å². The lowest BCUT2D eigenvalue weighted by Gasteiger charge is -2.28. The molecule has 0 aromatic heterocycles. The van der Waals surface area contributed by atoms with Crippen LogP contribution in [0.3, 0.4) is 0 Å². The molecule has 0 radical (unpaired) electrons. The van der Waals surface area contributed by atoms with Crippen molar-refractivity contribution in [3.63, 3.8) is 0 Å². The van der Waals surface area contributed by atoms with Gasteiger partial charge in [-0.25, -0.2) is 4.79 Å². The van der Waals surface area contributed by atoms with Crippen LogP contribution in [0.25, 0.3) is 6.08 Å². The van der Waals surface area contributed by atoms with Crippen LogP contribution in [0, 0.1) is 0 Å². The molecule has 8 nitrogen and oxygen atoms in total. The molecule has 37 heavy (non-hydrogen) atoms. The lowest BCUT2D eigenvalue weighted by atomic mass is 9.83. The van der Waals surface area contributed by atoms with Crippen molar-refractivity contribution >= 4 is 23.8 Å². The van der Waals surface area contributed by atoms with Crippen LogP contribution in [-0.2, 0) is 14.3 Å². The Hall–Kier alpha value is -3.81. The Labute approximate surface area is 215 Å². The second-order valence-corrected chi connectivity index (χ2v) is 9.68. The average molecular weight is 507 g/mol. The van der Waals surface area contributed by atoms with Crippen molar-refractivity contribution < 1.29 is 38.4 Å². The van der Waals surface area contributed by atoms with Crippen LogP contribution in [0.2, 0.25) is 0 Å². The molecular formula is C29H30O8. The lowest BCUT2D eigenvalue weighted by molar-refractivity contribution is -0.135. The molecule has 8 heteroatoms. The van der Waals surface area contributed by atoms with Crippen LogP contribution in [0.15, 0.2) is 30.3 Å². The van der Waals surface area contributed by atoms with E-state index >= 15 is 0 Å². The SMILES string of the molecule is CC1CCCC(=O)CCC/C=C/c2cc3c(c(O)c2C(=O)O1)C(c1ccc2c(c1)OCCO2)CC(=O)O3. The van der Waals surface area contributed by atoms with E-state index in [1.165, 1.54) is 0 Å². The summed E-state index contributed by atoms with van der Waals surface area (Å²) in [5, 5.41) is 11.5. The van der Waals surface area contributed by atoms with Gasteiger partial charge in [-0.05, 0) is 61.9 Å². The summed E-state index contributed by atoms with van der Waals surface area (Å²) in [7, 11) is 0. The molecule has 0 amide bonds. The highest BCUT2D eigenvalue weighted by Gasteiger charge is 2.36. The van der Waals surface area contributed by atoms with Crippen molar-refractivity contribution in [2.75, 3.05) is 13.2 Å². The molecule has 2 atom stereocenters. The molecule has 5 rings (SSSR count). The van der Waals surface area contributed by atoms with Crippen LogP contribution in [-0.4, -0.2) is 42.1 Å². The van der Waals surface area contributed by atoms with Gasteiger partial charge in [0.15, 0.2) is 11.5 Å². The number of aromatic hydroxyl groups is 1. The number of cyclic esters (lactones) is 1. The second kappa shape index (κ2) is 10.7. The number of ether oxygens (including phenoxy) is 4. The van der Waals surface area contributed by atoms with Crippen molar-refractivity contribution in [1.29, 1.82) is 0 Å². The zero-order valence-corrected chi connectivity index (χ0v) is 20.8. The quantitative estimate of drug-likeness (QED) is 0.421. The molecule has 3 aliphatic heterocycles. The minimum Gasteiger partial charge on any atom is -0.507 e. The first-order valence-electron chi connectivity index (χ1n) is 12.8. The Morgan fingerprint density at radius 3 is 2.57 bits per heavy atom. The first-order valence-corrected chi connectivity index (χ1v) is 12.8. The van der Waals surface area contributed by atoms with Gasteiger partial charge >= 0.3 is 11.9 Å². The van der Waals surface area contributed by atoms with E-state index in [9.17, 15) is 19.5 Å². The molecule has 0 fully saturated rings. The summed E-state index contributed by atoms with van der Waals surface area (Å²) < 4.78 is 22.5. The number of phenols is 1. The van der Waals surface area contributed by atoms with E-state index in [0.29, 0.717) is 74.4 Å². The number of Topliss-reactive ketones (excluding diaryl/α,β-unsaturated/α-hetero) is 1. The Kier molecular flexibility index (Phi) is 7.17. The zero-order valence-electron chi connectivity index (χ0n) is 20.8. The van der Waals surface area contributed by atoms with Gasteiger partial charge in [-0.3, -0.25) is 9.59 Å². The number of carbonyl (C=O) groups excluding carboxylic acids is 3. The molecule has 2 aromatic carbocycles. The number of fused-ring (bicyclic) bond motifs is 3. The van der Waals surface area contributed by atoms with Gasteiger partial charge in [-0.1, -0.05) is 18.2 Å². The van der Waals surface area contributed by atoms with Gasteiger partial charge in [0.05, 0.1) is 12.5 Å². The Morgan fingerprint density at radius 1 is 0.946 bits per heavy atom. The molecule has 0 bridgehead atoms. The Bertz CT molecular complexity index is 1260. The summed E-state index contributed by atoms with van der Waals surface area (Å²) in [5.74, 6) is -0.319. The molecular weight excluding hydrogens is 476 g/mol. The largest absolute Gasteiger partial charge is 0.507 e. The van der Waals surface area contributed by atoms with E-state index in [1.807, 2.05) is 12.1 Å². The van der Waals surface area contributed by atoms with Gasteiger partial charge < -0.3 is 24.1 Å². The topological polar surface area (TPSA) is 108 Å². The van der Waals surface area contributed by atoms with E-state index in [1.54, 1.807) is 31.2 Å². The second-order valence-electron chi connectivity index (χ2n) is 9.68. The normalized spacial score (nSPS) is 23.1. The summed E-state index contributed by atoms with van der Waals surface area (Å²) in [6.07, 6.45) is 6.59. The number of rotatable bonds is 1. The van der Waals surface area contributed by atoms with E-state index in [-0.39, 0.29) is 29.3 Å². The molecule has 3 heterocycles. The van der Waals surface area contributed by atoms with Crippen LogP contribution in [0.4, 0.5) is 0 Å². The van der Waals surface area contributed by atoms with Crippen LogP contribution >= 0.6 is 0 Å². The van der Waals surface area contributed by atoms with Gasteiger partial charge in [0, 0.05) is 24.3 Å². The number of allylic oxidation sites excluding steroid dienone is 1. The summed E-state index contributed by atoms with van der Waals surface area (Å²) in [6, 6.07) is 7.01. The van der Waals surface area contributed by atoms with Gasteiger partial charge in [-0.15, -0.1) is 0 Å². The summed E-state index contributed by atoms with van der Waals surface area (Å²) in [5.41, 5.74) is 1.53. The maximum Gasteiger partial charge on any atom is 0.342 e.